The number of rotatable bonds is 12. The minimum absolute atomic E-state index is 0.0338. The molecule has 11 nitrogen and oxygen atoms in total. The minimum atomic E-state index is -2.32. The fourth-order valence-electron chi connectivity index (χ4n) is 3.73. The van der Waals surface area contributed by atoms with Crippen LogP contribution in [-0.4, -0.2) is 57.2 Å². The molecule has 11 heteroatoms. The van der Waals surface area contributed by atoms with E-state index in [2.05, 4.69) is 30.8 Å². The first-order chi connectivity index (χ1) is 16.9. The lowest BCUT2D eigenvalue weighted by Crippen LogP contribution is -2.57. The summed E-state index contributed by atoms with van der Waals surface area (Å²) in [7, 11) is 0. The molecule has 4 N–H and O–H groups in total. The molecule has 1 aromatic carbocycles. The highest BCUT2D eigenvalue weighted by molar-refractivity contribution is 5.87. The van der Waals surface area contributed by atoms with Crippen LogP contribution < -0.4 is 10.6 Å². The largest absolute Gasteiger partial charge is 0.478 e. The van der Waals surface area contributed by atoms with Crippen LogP contribution in [0.3, 0.4) is 0 Å². The summed E-state index contributed by atoms with van der Waals surface area (Å²) >= 11 is 0. The molecule has 0 fully saturated rings. The van der Waals surface area contributed by atoms with Gasteiger partial charge in [0.2, 0.25) is 6.08 Å². The molecular weight excluding hydrogens is 452 g/mol. The number of aliphatic imine (C=N–C) groups is 1. The number of pyridine rings is 1. The number of amides is 1. The van der Waals surface area contributed by atoms with Gasteiger partial charge in [-0.3, -0.25) is 10.4 Å². The normalized spacial score (nSPS) is 13.5. The van der Waals surface area contributed by atoms with Crippen LogP contribution in [-0.2, 0) is 14.3 Å². The maximum absolute atomic E-state index is 12.6. The highest BCUT2D eigenvalue weighted by Gasteiger charge is 2.49. The first kappa shape index (κ1) is 25.4. The van der Waals surface area contributed by atoms with E-state index in [4.69, 9.17) is 4.74 Å². The van der Waals surface area contributed by atoms with E-state index in [9.17, 15) is 19.5 Å². The van der Waals surface area contributed by atoms with Crippen LogP contribution in [0, 0.1) is 5.92 Å². The van der Waals surface area contributed by atoms with Crippen LogP contribution in [0.2, 0.25) is 0 Å². The molecule has 0 aliphatic heterocycles. The van der Waals surface area contributed by atoms with Crippen molar-refractivity contribution >= 4 is 34.9 Å². The number of aliphatic carboxylic acids is 1. The number of carboxylic acids is 1. The molecule has 1 unspecified atom stereocenters. The molecule has 2 aromatic heterocycles. The van der Waals surface area contributed by atoms with Gasteiger partial charge < -0.3 is 15.2 Å². The summed E-state index contributed by atoms with van der Waals surface area (Å²) in [4.78, 5) is 44.4. The van der Waals surface area contributed by atoms with Crippen molar-refractivity contribution < 1.29 is 24.2 Å². The predicted octanol–water partition coefficient (Wildman–Crippen LogP) is 3.43. The van der Waals surface area contributed by atoms with E-state index in [-0.39, 0.29) is 18.9 Å². The average Bonchev–Trinajstić information content (AvgIpc) is 3.31. The Morgan fingerprint density at radius 3 is 2.80 bits per heavy atom. The number of hydrogen-bond donors (Lipinski definition) is 4. The summed E-state index contributed by atoms with van der Waals surface area (Å²) in [6.07, 6.45) is 4.36. The molecule has 0 aliphatic rings. The molecule has 2 atom stereocenters. The highest BCUT2D eigenvalue weighted by Crippen LogP contribution is 2.36. The number of anilines is 1. The molecule has 0 spiro atoms. The van der Waals surface area contributed by atoms with Crippen LogP contribution in [0.15, 0.2) is 53.8 Å². The molecular formula is C24H28N6O5. The van der Waals surface area contributed by atoms with Gasteiger partial charge in [0.15, 0.2) is 0 Å². The number of aromatic amines is 1. The van der Waals surface area contributed by atoms with Crippen LogP contribution in [0.1, 0.15) is 38.2 Å². The third kappa shape index (κ3) is 6.42. The Balaban J connectivity index is 1.93. The van der Waals surface area contributed by atoms with Gasteiger partial charge in [0.25, 0.3) is 5.66 Å². The summed E-state index contributed by atoms with van der Waals surface area (Å²) in [5, 5.41) is 23.3. The third-order valence-corrected chi connectivity index (χ3v) is 5.40. The first-order valence-corrected chi connectivity index (χ1v) is 11.2. The maximum atomic E-state index is 12.6. The Kier molecular flexibility index (Phi) is 8.53. The topological polar surface area (TPSA) is 159 Å². The van der Waals surface area contributed by atoms with Crippen molar-refractivity contribution in [2.75, 3.05) is 18.5 Å². The van der Waals surface area contributed by atoms with Crippen LogP contribution in [0.5, 0.6) is 0 Å². The molecule has 0 bridgehead atoms. The van der Waals surface area contributed by atoms with E-state index in [1.807, 2.05) is 26.0 Å². The number of benzene rings is 1. The standard InChI is InChI=1S/C24H28N6O5/c1-16(2)14-35-23(34)29-24(22(32)33,27-15-31)19(6-5-11-26-21-7-3-4-10-25-21)17-8-9-20-18(12-17)13-28-30-20/h3-4,7-10,12-13,16,19H,5-6,11,14H2,1-2H3,(H,25,26)(H,28,30)(H,29,34)(H,32,33)/t19?,24-/m1/s1. The lowest BCUT2D eigenvalue weighted by Gasteiger charge is -2.33. The minimum Gasteiger partial charge on any atom is -0.478 e. The average molecular weight is 481 g/mol. The number of fused-ring (bicyclic) bond motifs is 1. The number of H-pyrrole nitrogens is 1. The number of nitrogens with one attached hydrogen (secondary N) is 3. The Morgan fingerprint density at radius 2 is 2.11 bits per heavy atom. The van der Waals surface area contributed by atoms with Crippen molar-refractivity contribution in [2.45, 2.75) is 38.3 Å². The number of carbonyl (C=O) groups excluding carboxylic acids is 2. The highest BCUT2D eigenvalue weighted by atomic mass is 16.5. The second-order valence-electron chi connectivity index (χ2n) is 8.45. The van der Waals surface area contributed by atoms with Gasteiger partial charge in [0, 0.05) is 24.0 Å². The fraction of sp³-hybridized carbons (Fsp3) is 0.375. The van der Waals surface area contributed by atoms with Crippen molar-refractivity contribution in [2.24, 2.45) is 10.9 Å². The van der Waals surface area contributed by atoms with Gasteiger partial charge in [-0.25, -0.2) is 19.4 Å². The lowest BCUT2D eigenvalue weighted by molar-refractivity contribution is -0.145. The Bertz CT molecular complexity index is 1190. The smallest absolute Gasteiger partial charge is 0.409 e. The summed E-state index contributed by atoms with van der Waals surface area (Å²) in [6, 6.07) is 10.7. The molecule has 0 saturated carbocycles. The monoisotopic (exact) mass is 480 g/mol. The summed E-state index contributed by atoms with van der Waals surface area (Å²) < 4.78 is 5.14. The van der Waals surface area contributed by atoms with E-state index in [1.165, 1.54) is 6.08 Å². The second-order valence-corrected chi connectivity index (χ2v) is 8.45. The molecule has 0 aliphatic carbocycles. The van der Waals surface area contributed by atoms with E-state index in [0.29, 0.717) is 24.3 Å². The quantitative estimate of drug-likeness (QED) is 0.174. The van der Waals surface area contributed by atoms with Crippen LogP contribution in [0.4, 0.5) is 10.6 Å². The van der Waals surface area contributed by atoms with E-state index < -0.39 is 23.6 Å². The number of hydrogen-bond acceptors (Lipinski definition) is 8. The molecule has 0 radical (unpaired) electrons. The van der Waals surface area contributed by atoms with Gasteiger partial charge in [-0.05, 0) is 48.6 Å². The Hall–Kier alpha value is -4.24. The van der Waals surface area contributed by atoms with E-state index >= 15 is 0 Å². The zero-order valence-electron chi connectivity index (χ0n) is 19.5. The number of ether oxygens (including phenoxy) is 1. The van der Waals surface area contributed by atoms with Crippen molar-refractivity contribution in [3.63, 3.8) is 0 Å². The summed E-state index contributed by atoms with van der Waals surface area (Å²) in [5.41, 5.74) is -1.01. The van der Waals surface area contributed by atoms with E-state index in [1.54, 1.807) is 36.7 Å². The SMILES string of the molecule is CC(C)COC(=O)N[C@@](N=C=O)(C(=O)O)C(CCCNc1ccccn1)c1ccc2[nH]ncc2c1. The molecule has 35 heavy (non-hydrogen) atoms. The van der Waals surface area contributed by atoms with Gasteiger partial charge in [-0.2, -0.15) is 10.1 Å². The number of carbonyl (C=O) groups is 2. The van der Waals surface area contributed by atoms with Crippen LogP contribution in [0.25, 0.3) is 10.9 Å². The van der Waals surface area contributed by atoms with Crippen molar-refractivity contribution in [3.8, 4) is 0 Å². The van der Waals surface area contributed by atoms with Crippen molar-refractivity contribution in [1.29, 1.82) is 0 Å². The van der Waals surface area contributed by atoms with E-state index in [0.717, 1.165) is 10.9 Å². The lowest BCUT2D eigenvalue weighted by atomic mass is 9.82. The maximum Gasteiger partial charge on any atom is 0.409 e. The van der Waals surface area contributed by atoms with Gasteiger partial charge in [0.1, 0.15) is 5.82 Å². The summed E-state index contributed by atoms with van der Waals surface area (Å²) in [5.74, 6) is -1.71. The molecule has 184 valence electrons. The molecule has 3 rings (SSSR count). The number of alkyl carbamates (subject to hydrolysis) is 1. The molecule has 3 aromatic rings. The van der Waals surface area contributed by atoms with Gasteiger partial charge >= 0.3 is 12.1 Å². The summed E-state index contributed by atoms with van der Waals surface area (Å²) in [6.45, 7) is 4.24. The molecule has 0 saturated heterocycles. The fourth-order valence-corrected chi connectivity index (χ4v) is 3.73. The van der Waals surface area contributed by atoms with Gasteiger partial charge in [-0.15, -0.1) is 0 Å². The number of aromatic nitrogens is 3. The number of isocyanates is 1. The Labute approximate surface area is 202 Å². The van der Waals surface area contributed by atoms with Gasteiger partial charge in [-0.1, -0.05) is 26.0 Å². The zero-order chi connectivity index (χ0) is 25.3. The zero-order valence-corrected chi connectivity index (χ0v) is 19.5. The molecule has 1 amide bonds. The Morgan fingerprint density at radius 1 is 1.29 bits per heavy atom. The van der Waals surface area contributed by atoms with Gasteiger partial charge in [0.05, 0.1) is 18.3 Å². The first-order valence-electron chi connectivity index (χ1n) is 11.2. The molecule has 2 heterocycles. The van der Waals surface area contributed by atoms with Crippen molar-refractivity contribution in [1.82, 2.24) is 20.5 Å². The number of carboxylic acid groups (broad SMARTS) is 1. The van der Waals surface area contributed by atoms with Crippen molar-refractivity contribution in [3.05, 3.63) is 54.4 Å². The predicted molar refractivity (Wildman–Crippen MR) is 129 cm³/mol. The number of nitrogens with zero attached hydrogens (tertiary/aromatic N) is 3. The third-order valence-electron chi connectivity index (χ3n) is 5.40. The second kappa shape index (κ2) is 11.8. The van der Waals surface area contributed by atoms with Crippen LogP contribution >= 0.6 is 0 Å².